The molecule has 0 aliphatic heterocycles. The molecule has 0 amide bonds. The Morgan fingerprint density at radius 3 is 2.83 bits per heavy atom. The summed E-state index contributed by atoms with van der Waals surface area (Å²) in [6.07, 6.45) is 1.37. The standard InChI is InChI=1S/C7H7N3O2/c1-8-10-5-2-3-6(7(11)12)9-4-5/h2-4,10H,1H2,(H,11,12). The topological polar surface area (TPSA) is 74.6 Å². The quantitative estimate of drug-likeness (QED) is 0.513. The molecule has 1 heterocycles. The Balaban J connectivity index is 2.85. The summed E-state index contributed by atoms with van der Waals surface area (Å²) in [6, 6.07) is 2.95. The number of aromatic nitrogens is 1. The Labute approximate surface area is 68.8 Å². The van der Waals surface area contributed by atoms with Crippen molar-refractivity contribution in [3.8, 4) is 0 Å². The van der Waals surface area contributed by atoms with Gasteiger partial charge in [0.1, 0.15) is 5.69 Å². The first-order valence-electron chi connectivity index (χ1n) is 3.15. The van der Waals surface area contributed by atoms with E-state index >= 15 is 0 Å². The van der Waals surface area contributed by atoms with Crippen LogP contribution in [0.4, 0.5) is 5.69 Å². The summed E-state index contributed by atoms with van der Waals surface area (Å²) in [5, 5.41) is 11.9. The number of anilines is 1. The molecule has 0 radical (unpaired) electrons. The molecule has 5 heteroatoms. The number of hydrogen-bond acceptors (Lipinski definition) is 4. The lowest BCUT2D eigenvalue weighted by Crippen LogP contribution is -1.99. The second kappa shape index (κ2) is 3.47. The van der Waals surface area contributed by atoms with Crippen LogP contribution in [0.1, 0.15) is 10.5 Å². The molecule has 1 aromatic rings. The fourth-order valence-electron chi connectivity index (χ4n) is 0.678. The Morgan fingerprint density at radius 2 is 2.42 bits per heavy atom. The molecule has 0 atom stereocenters. The predicted molar refractivity (Wildman–Crippen MR) is 44.4 cm³/mol. The SMILES string of the molecule is C=NNc1ccc(C(=O)O)nc1. The first-order valence-corrected chi connectivity index (χ1v) is 3.15. The molecular weight excluding hydrogens is 158 g/mol. The fourth-order valence-corrected chi connectivity index (χ4v) is 0.678. The normalized spacial score (nSPS) is 9.00. The summed E-state index contributed by atoms with van der Waals surface area (Å²) in [5.74, 6) is -1.05. The highest BCUT2D eigenvalue weighted by Gasteiger charge is 2.02. The van der Waals surface area contributed by atoms with Crippen molar-refractivity contribution in [2.75, 3.05) is 5.43 Å². The lowest BCUT2D eigenvalue weighted by molar-refractivity contribution is 0.0690. The van der Waals surface area contributed by atoms with Gasteiger partial charge in [-0.3, -0.25) is 5.43 Å². The fraction of sp³-hybridized carbons (Fsp3) is 0. The highest BCUT2D eigenvalue weighted by Crippen LogP contribution is 2.05. The molecule has 1 aromatic heterocycles. The van der Waals surface area contributed by atoms with E-state index < -0.39 is 5.97 Å². The van der Waals surface area contributed by atoms with E-state index in [1.807, 2.05) is 0 Å². The molecule has 12 heavy (non-hydrogen) atoms. The van der Waals surface area contributed by atoms with Crippen molar-refractivity contribution in [1.29, 1.82) is 0 Å². The molecular formula is C7H7N3O2. The molecule has 0 aliphatic carbocycles. The van der Waals surface area contributed by atoms with Crippen molar-refractivity contribution in [1.82, 2.24) is 4.98 Å². The number of carboxylic acids is 1. The minimum atomic E-state index is -1.05. The van der Waals surface area contributed by atoms with Gasteiger partial charge in [0.25, 0.3) is 0 Å². The molecule has 1 rings (SSSR count). The Morgan fingerprint density at radius 1 is 1.67 bits per heavy atom. The number of carbonyl (C=O) groups is 1. The van der Waals surface area contributed by atoms with E-state index in [0.717, 1.165) is 0 Å². The van der Waals surface area contributed by atoms with Crippen LogP contribution in [-0.2, 0) is 0 Å². The molecule has 0 spiro atoms. The second-order valence-electron chi connectivity index (χ2n) is 2.01. The summed E-state index contributed by atoms with van der Waals surface area (Å²) < 4.78 is 0. The van der Waals surface area contributed by atoms with Crippen LogP contribution in [0.2, 0.25) is 0 Å². The van der Waals surface area contributed by atoms with Crippen molar-refractivity contribution in [3.05, 3.63) is 24.0 Å². The molecule has 0 saturated heterocycles. The van der Waals surface area contributed by atoms with Crippen LogP contribution < -0.4 is 5.43 Å². The molecule has 2 N–H and O–H groups in total. The van der Waals surface area contributed by atoms with Crippen LogP contribution in [0.5, 0.6) is 0 Å². The number of nitrogens with one attached hydrogen (secondary N) is 1. The molecule has 0 saturated carbocycles. The minimum absolute atomic E-state index is 0.00427. The zero-order valence-corrected chi connectivity index (χ0v) is 6.19. The van der Waals surface area contributed by atoms with E-state index in [2.05, 4.69) is 22.2 Å². The number of aromatic carboxylic acids is 1. The summed E-state index contributed by atoms with van der Waals surface area (Å²) >= 11 is 0. The zero-order valence-electron chi connectivity index (χ0n) is 6.19. The van der Waals surface area contributed by atoms with E-state index in [1.54, 1.807) is 6.07 Å². The van der Waals surface area contributed by atoms with Crippen molar-refractivity contribution in [3.63, 3.8) is 0 Å². The molecule has 0 bridgehead atoms. The van der Waals surface area contributed by atoms with Gasteiger partial charge in [-0.1, -0.05) is 0 Å². The van der Waals surface area contributed by atoms with Crippen LogP contribution in [0.15, 0.2) is 23.4 Å². The van der Waals surface area contributed by atoms with Gasteiger partial charge in [0, 0.05) is 6.72 Å². The van der Waals surface area contributed by atoms with Crippen LogP contribution in [0.25, 0.3) is 0 Å². The van der Waals surface area contributed by atoms with E-state index in [0.29, 0.717) is 5.69 Å². The summed E-state index contributed by atoms with van der Waals surface area (Å²) in [7, 11) is 0. The van der Waals surface area contributed by atoms with Gasteiger partial charge in [0.05, 0.1) is 11.9 Å². The first-order chi connectivity index (χ1) is 5.74. The molecule has 62 valence electrons. The molecule has 0 aliphatic rings. The summed E-state index contributed by atoms with van der Waals surface area (Å²) in [4.78, 5) is 14.0. The zero-order chi connectivity index (χ0) is 8.97. The van der Waals surface area contributed by atoms with Crippen LogP contribution in [0.3, 0.4) is 0 Å². The van der Waals surface area contributed by atoms with Gasteiger partial charge < -0.3 is 5.11 Å². The molecule has 0 fully saturated rings. The van der Waals surface area contributed by atoms with Crippen LogP contribution >= 0.6 is 0 Å². The van der Waals surface area contributed by atoms with Gasteiger partial charge in [0.15, 0.2) is 0 Å². The minimum Gasteiger partial charge on any atom is -0.477 e. The van der Waals surface area contributed by atoms with Crippen molar-refractivity contribution >= 4 is 18.4 Å². The van der Waals surface area contributed by atoms with Crippen molar-refractivity contribution < 1.29 is 9.90 Å². The highest BCUT2D eigenvalue weighted by atomic mass is 16.4. The largest absolute Gasteiger partial charge is 0.477 e. The Hall–Kier alpha value is -1.91. The first kappa shape index (κ1) is 8.19. The monoisotopic (exact) mass is 165 g/mol. The Bertz CT molecular complexity index is 294. The number of pyridine rings is 1. The number of hydrazone groups is 1. The molecule has 5 nitrogen and oxygen atoms in total. The third kappa shape index (κ3) is 1.79. The van der Waals surface area contributed by atoms with E-state index in [-0.39, 0.29) is 5.69 Å². The molecule has 0 aromatic carbocycles. The number of hydrogen-bond donors (Lipinski definition) is 2. The van der Waals surface area contributed by atoms with Gasteiger partial charge in [-0.25, -0.2) is 9.78 Å². The van der Waals surface area contributed by atoms with Crippen LogP contribution in [-0.4, -0.2) is 22.8 Å². The second-order valence-corrected chi connectivity index (χ2v) is 2.01. The Kier molecular flexibility index (Phi) is 2.37. The number of nitrogens with zero attached hydrogens (tertiary/aromatic N) is 2. The van der Waals surface area contributed by atoms with Gasteiger partial charge >= 0.3 is 5.97 Å². The third-order valence-electron chi connectivity index (χ3n) is 1.19. The average Bonchev–Trinajstić information content (AvgIpc) is 2.06. The van der Waals surface area contributed by atoms with E-state index in [1.165, 1.54) is 12.3 Å². The summed E-state index contributed by atoms with van der Waals surface area (Å²) in [5.41, 5.74) is 3.14. The van der Waals surface area contributed by atoms with Crippen LogP contribution in [0, 0.1) is 0 Å². The third-order valence-corrected chi connectivity index (χ3v) is 1.19. The van der Waals surface area contributed by atoms with Crippen molar-refractivity contribution in [2.45, 2.75) is 0 Å². The van der Waals surface area contributed by atoms with Gasteiger partial charge in [-0.05, 0) is 12.1 Å². The maximum absolute atomic E-state index is 10.4. The average molecular weight is 165 g/mol. The lowest BCUT2D eigenvalue weighted by Gasteiger charge is -1.97. The highest BCUT2D eigenvalue weighted by molar-refractivity contribution is 5.85. The number of carboxylic acid groups (broad SMARTS) is 1. The number of rotatable bonds is 3. The lowest BCUT2D eigenvalue weighted by atomic mass is 10.3. The maximum atomic E-state index is 10.4. The van der Waals surface area contributed by atoms with Gasteiger partial charge in [-0.15, -0.1) is 0 Å². The van der Waals surface area contributed by atoms with E-state index in [9.17, 15) is 4.79 Å². The smallest absolute Gasteiger partial charge is 0.354 e. The predicted octanol–water partition coefficient (Wildman–Crippen LogP) is 0.807. The molecule has 0 unspecified atom stereocenters. The van der Waals surface area contributed by atoms with Crippen molar-refractivity contribution in [2.24, 2.45) is 5.10 Å². The van der Waals surface area contributed by atoms with Gasteiger partial charge in [0.2, 0.25) is 0 Å². The summed E-state index contributed by atoms with van der Waals surface area (Å²) in [6.45, 7) is 3.21. The van der Waals surface area contributed by atoms with Gasteiger partial charge in [-0.2, -0.15) is 5.10 Å². The van der Waals surface area contributed by atoms with E-state index in [4.69, 9.17) is 5.11 Å². The maximum Gasteiger partial charge on any atom is 0.354 e.